The van der Waals surface area contributed by atoms with Gasteiger partial charge in [0.2, 0.25) is 0 Å². The van der Waals surface area contributed by atoms with Gasteiger partial charge in [-0.3, -0.25) is 4.79 Å². The first-order valence-corrected chi connectivity index (χ1v) is 8.27. The lowest BCUT2D eigenvalue weighted by atomic mass is 9.85. The van der Waals surface area contributed by atoms with Gasteiger partial charge in [-0.25, -0.2) is 9.37 Å². The number of amides is 1. The Morgan fingerprint density at radius 2 is 1.96 bits per heavy atom. The summed E-state index contributed by atoms with van der Waals surface area (Å²) >= 11 is 0. The second kappa shape index (κ2) is 5.41. The molecule has 2 aliphatic rings. The largest absolute Gasteiger partial charge is 0.382 e. The van der Waals surface area contributed by atoms with Crippen LogP contribution in [0.1, 0.15) is 41.9 Å². The number of fused-ring (bicyclic) bond motifs is 2. The highest BCUT2D eigenvalue weighted by Gasteiger charge is 2.51. The Morgan fingerprint density at radius 1 is 1.29 bits per heavy atom. The molecule has 0 radical (unpaired) electrons. The zero-order valence-electron chi connectivity index (χ0n) is 13.5. The van der Waals surface area contributed by atoms with Crippen LogP contribution < -0.4 is 0 Å². The Kier molecular flexibility index (Phi) is 3.46. The van der Waals surface area contributed by atoms with Crippen LogP contribution in [0.4, 0.5) is 4.39 Å². The second-order valence-electron chi connectivity index (χ2n) is 6.88. The molecule has 1 unspecified atom stereocenters. The fraction of sp³-hybridized carbons (Fsp3) is 0.444. The minimum Gasteiger partial charge on any atom is -0.382 e. The van der Waals surface area contributed by atoms with Crippen LogP contribution in [0, 0.1) is 5.82 Å². The minimum atomic E-state index is -1.03. The van der Waals surface area contributed by atoms with Gasteiger partial charge in [0, 0.05) is 44.4 Å². The number of hydrogen-bond donors (Lipinski definition) is 1. The summed E-state index contributed by atoms with van der Waals surface area (Å²) in [5.74, 6) is -0.133. The summed E-state index contributed by atoms with van der Waals surface area (Å²) in [6.45, 7) is 0. The number of piperidine rings is 1. The second-order valence-corrected chi connectivity index (χ2v) is 6.88. The smallest absolute Gasteiger partial charge is 0.257 e. The van der Waals surface area contributed by atoms with Crippen molar-refractivity contribution in [2.75, 3.05) is 0 Å². The molecule has 3 heterocycles. The monoisotopic (exact) mass is 329 g/mol. The molecule has 0 spiro atoms. The SMILES string of the molecule is Cn1ccnc1C1(O)C[C@H]2CC[C@@H](C1)N2C(=O)c1ccccc1F. The van der Waals surface area contributed by atoms with Crippen LogP contribution in [-0.2, 0) is 12.6 Å². The molecule has 2 fully saturated rings. The van der Waals surface area contributed by atoms with Crippen LogP contribution in [0.15, 0.2) is 36.7 Å². The molecule has 1 aromatic heterocycles. The number of aryl methyl sites for hydroxylation is 1. The number of aliphatic hydroxyl groups is 1. The first-order valence-electron chi connectivity index (χ1n) is 8.27. The van der Waals surface area contributed by atoms with Crippen molar-refractivity contribution < 1.29 is 14.3 Å². The highest BCUT2D eigenvalue weighted by Crippen LogP contribution is 2.45. The summed E-state index contributed by atoms with van der Waals surface area (Å²) in [5, 5.41) is 11.1. The molecule has 5 nitrogen and oxygen atoms in total. The van der Waals surface area contributed by atoms with Crippen LogP contribution in [0.5, 0.6) is 0 Å². The molecule has 0 aliphatic carbocycles. The van der Waals surface area contributed by atoms with E-state index in [2.05, 4.69) is 4.98 Å². The van der Waals surface area contributed by atoms with E-state index in [4.69, 9.17) is 0 Å². The Labute approximate surface area is 139 Å². The number of nitrogens with zero attached hydrogens (tertiary/aromatic N) is 3. The van der Waals surface area contributed by atoms with Crippen LogP contribution in [0.2, 0.25) is 0 Å². The summed E-state index contributed by atoms with van der Waals surface area (Å²) in [7, 11) is 1.86. The zero-order chi connectivity index (χ0) is 16.9. The Bertz CT molecular complexity index is 774. The lowest BCUT2D eigenvalue weighted by molar-refractivity contribution is -0.0555. The third-order valence-electron chi connectivity index (χ3n) is 5.34. The van der Waals surface area contributed by atoms with Crippen molar-refractivity contribution in [3.8, 4) is 0 Å². The molecule has 1 N–H and O–H groups in total. The van der Waals surface area contributed by atoms with Gasteiger partial charge in [-0.05, 0) is 25.0 Å². The van der Waals surface area contributed by atoms with E-state index in [1.165, 1.54) is 12.1 Å². The Hall–Kier alpha value is -2.21. The summed E-state index contributed by atoms with van der Waals surface area (Å²) in [6.07, 6.45) is 6.02. The molecule has 24 heavy (non-hydrogen) atoms. The van der Waals surface area contributed by atoms with Gasteiger partial charge in [0.25, 0.3) is 5.91 Å². The van der Waals surface area contributed by atoms with Gasteiger partial charge in [0.1, 0.15) is 17.2 Å². The summed E-state index contributed by atoms with van der Waals surface area (Å²) < 4.78 is 15.8. The van der Waals surface area contributed by atoms with E-state index in [9.17, 15) is 14.3 Å². The predicted molar refractivity (Wildman–Crippen MR) is 85.7 cm³/mol. The maximum Gasteiger partial charge on any atom is 0.257 e. The number of carbonyl (C=O) groups is 1. The zero-order valence-corrected chi connectivity index (χ0v) is 13.5. The number of imidazole rings is 1. The van der Waals surface area contributed by atoms with Crippen molar-refractivity contribution in [1.29, 1.82) is 0 Å². The van der Waals surface area contributed by atoms with E-state index in [1.54, 1.807) is 23.2 Å². The van der Waals surface area contributed by atoms with E-state index in [-0.39, 0.29) is 23.6 Å². The van der Waals surface area contributed by atoms with Crippen molar-refractivity contribution in [2.45, 2.75) is 43.4 Å². The highest BCUT2D eigenvalue weighted by atomic mass is 19.1. The molecule has 126 valence electrons. The first kappa shape index (κ1) is 15.3. The van der Waals surface area contributed by atoms with Gasteiger partial charge in [-0.2, -0.15) is 0 Å². The molecule has 1 aromatic carbocycles. The van der Waals surface area contributed by atoms with Crippen LogP contribution in [-0.4, -0.2) is 37.5 Å². The first-order chi connectivity index (χ1) is 11.5. The quantitative estimate of drug-likeness (QED) is 0.919. The molecular formula is C18H20FN3O2. The lowest BCUT2D eigenvalue weighted by Crippen LogP contribution is -2.52. The van der Waals surface area contributed by atoms with Crippen LogP contribution >= 0.6 is 0 Å². The molecule has 4 rings (SSSR count). The van der Waals surface area contributed by atoms with Crippen molar-refractivity contribution >= 4 is 5.91 Å². The molecule has 0 saturated carbocycles. The van der Waals surface area contributed by atoms with Crippen molar-refractivity contribution in [3.05, 3.63) is 53.9 Å². The summed E-state index contributed by atoms with van der Waals surface area (Å²) in [5.41, 5.74) is -0.923. The number of rotatable bonds is 2. The molecule has 6 heteroatoms. The van der Waals surface area contributed by atoms with E-state index in [1.807, 2.05) is 17.8 Å². The van der Waals surface area contributed by atoms with E-state index in [0.717, 1.165) is 12.8 Å². The van der Waals surface area contributed by atoms with Crippen LogP contribution in [0.3, 0.4) is 0 Å². The molecular weight excluding hydrogens is 309 g/mol. The summed E-state index contributed by atoms with van der Waals surface area (Å²) in [6, 6.07) is 5.92. The standard InChI is InChI=1S/C18H20FN3O2/c1-21-9-8-20-17(21)18(24)10-12-6-7-13(11-18)22(12)16(23)14-4-2-3-5-15(14)19/h2-5,8-9,12-13,24H,6-7,10-11H2,1H3/t12-,13+,18?. The third-order valence-corrected chi connectivity index (χ3v) is 5.34. The molecule has 2 aromatic rings. The van der Waals surface area contributed by atoms with Crippen molar-refractivity contribution in [3.63, 3.8) is 0 Å². The van der Waals surface area contributed by atoms with Gasteiger partial charge in [0.05, 0.1) is 5.56 Å². The normalized spacial score (nSPS) is 29.0. The van der Waals surface area contributed by atoms with Crippen molar-refractivity contribution in [1.82, 2.24) is 14.5 Å². The van der Waals surface area contributed by atoms with E-state index in [0.29, 0.717) is 18.7 Å². The minimum absolute atomic E-state index is 0.0856. The maximum absolute atomic E-state index is 14.0. The predicted octanol–water partition coefficient (Wildman–Crippen LogP) is 2.21. The average molecular weight is 329 g/mol. The van der Waals surface area contributed by atoms with Gasteiger partial charge < -0.3 is 14.6 Å². The number of hydrogen-bond acceptors (Lipinski definition) is 3. The van der Waals surface area contributed by atoms with Gasteiger partial charge in [-0.15, -0.1) is 0 Å². The average Bonchev–Trinajstić information content (AvgIpc) is 3.10. The van der Waals surface area contributed by atoms with Gasteiger partial charge in [0.15, 0.2) is 0 Å². The molecule has 1 amide bonds. The Balaban J connectivity index is 1.63. The number of carbonyl (C=O) groups excluding carboxylic acids is 1. The fourth-order valence-corrected chi connectivity index (χ4v) is 4.33. The van der Waals surface area contributed by atoms with Crippen LogP contribution in [0.25, 0.3) is 0 Å². The molecule has 2 saturated heterocycles. The van der Waals surface area contributed by atoms with Crippen molar-refractivity contribution in [2.24, 2.45) is 7.05 Å². The molecule has 3 atom stereocenters. The number of halogens is 1. The number of benzene rings is 1. The molecule has 2 bridgehead atoms. The van der Waals surface area contributed by atoms with E-state index >= 15 is 0 Å². The van der Waals surface area contributed by atoms with Gasteiger partial charge in [-0.1, -0.05) is 12.1 Å². The topological polar surface area (TPSA) is 58.4 Å². The summed E-state index contributed by atoms with van der Waals surface area (Å²) in [4.78, 5) is 18.9. The highest BCUT2D eigenvalue weighted by molar-refractivity contribution is 5.95. The van der Waals surface area contributed by atoms with Gasteiger partial charge >= 0.3 is 0 Å². The fourth-order valence-electron chi connectivity index (χ4n) is 4.33. The lowest BCUT2D eigenvalue weighted by Gasteiger charge is -2.43. The number of aromatic nitrogens is 2. The molecule has 2 aliphatic heterocycles. The Morgan fingerprint density at radius 3 is 2.54 bits per heavy atom. The third kappa shape index (κ3) is 2.24. The van der Waals surface area contributed by atoms with E-state index < -0.39 is 11.4 Å². The maximum atomic E-state index is 14.0.